The van der Waals surface area contributed by atoms with Crippen LogP contribution < -0.4 is 5.73 Å². The number of nitrogens with zero attached hydrogens (tertiary/aromatic N) is 1. The van der Waals surface area contributed by atoms with Crippen LogP contribution in [0.3, 0.4) is 0 Å². The van der Waals surface area contributed by atoms with Crippen LogP contribution in [0, 0.1) is 0 Å². The highest BCUT2D eigenvalue weighted by Gasteiger charge is 2.17. The van der Waals surface area contributed by atoms with E-state index in [0.29, 0.717) is 12.4 Å². The molecule has 0 saturated heterocycles. The summed E-state index contributed by atoms with van der Waals surface area (Å²) in [5.41, 5.74) is 6.07. The van der Waals surface area contributed by atoms with Gasteiger partial charge < -0.3 is 10.5 Å². The molecule has 4 nitrogen and oxygen atoms in total. The van der Waals surface area contributed by atoms with Gasteiger partial charge >= 0.3 is 6.03 Å². The molecule has 2 N–H and O–H groups in total. The van der Waals surface area contributed by atoms with Crippen LogP contribution in [-0.4, -0.2) is 17.5 Å². The van der Waals surface area contributed by atoms with Gasteiger partial charge in [-0.15, -0.1) is 0 Å². The lowest BCUT2D eigenvalue weighted by molar-refractivity contribution is 0.229. The van der Waals surface area contributed by atoms with E-state index in [1.165, 1.54) is 4.90 Å². The first kappa shape index (κ1) is 6.97. The molecular weight excluding hydrogens is 156 g/mol. The normalized spacial score (nSPS) is 19.5. The van der Waals surface area contributed by atoms with Crippen molar-refractivity contribution >= 4 is 6.03 Å². The zero-order chi connectivity index (χ0) is 8.55. The second-order valence-corrected chi connectivity index (χ2v) is 2.53. The van der Waals surface area contributed by atoms with Crippen LogP contribution in [0.1, 0.15) is 0 Å². The number of fused-ring (bicyclic) bond motifs is 1. The molecule has 0 radical (unpaired) electrons. The number of nitrogens with two attached hydrogens (primary N) is 1. The first-order valence-corrected chi connectivity index (χ1v) is 3.58. The zero-order valence-electron chi connectivity index (χ0n) is 6.36. The van der Waals surface area contributed by atoms with Crippen molar-refractivity contribution in [2.24, 2.45) is 5.73 Å². The van der Waals surface area contributed by atoms with E-state index in [1.807, 2.05) is 6.08 Å². The minimum Gasteiger partial charge on any atom is -0.487 e. The Kier molecular flexibility index (Phi) is 1.40. The summed E-state index contributed by atoms with van der Waals surface area (Å²) < 4.78 is 5.21. The van der Waals surface area contributed by atoms with Gasteiger partial charge in [0.15, 0.2) is 0 Å². The van der Waals surface area contributed by atoms with Gasteiger partial charge in [-0.25, -0.2) is 4.79 Å². The summed E-state index contributed by atoms with van der Waals surface area (Å²) in [6, 6.07) is -0.506. The average Bonchev–Trinajstić information content (AvgIpc) is 2.49. The van der Waals surface area contributed by atoms with Gasteiger partial charge in [-0.05, 0) is 12.2 Å². The maximum absolute atomic E-state index is 10.7. The summed E-state index contributed by atoms with van der Waals surface area (Å²) in [6.45, 7) is 0.568. The van der Waals surface area contributed by atoms with Crippen molar-refractivity contribution in [1.82, 2.24) is 4.90 Å². The van der Waals surface area contributed by atoms with Gasteiger partial charge in [0.1, 0.15) is 12.4 Å². The summed E-state index contributed by atoms with van der Waals surface area (Å²) in [5, 5.41) is 0. The topological polar surface area (TPSA) is 55.6 Å². The highest BCUT2D eigenvalue weighted by Crippen LogP contribution is 2.23. The molecular formula is C8H8N2O2. The Morgan fingerprint density at radius 2 is 2.50 bits per heavy atom. The van der Waals surface area contributed by atoms with Crippen LogP contribution in [0.15, 0.2) is 35.9 Å². The van der Waals surface area contributed by atoms with Gasteiger partial charge in [-0.1, -0.05) is 0 Å². The van der Waals surface area contributed by atoms with Gasteiger partial charge in [-0.2, -0.15) is 0 Å². The van der Waals surface area contributed by atoms with Gasteiger partial charge in [0.05, 0.1) is 6.20 Å². The number of primary amides is 1. The fraction of sp³-hybridized carbons (Fsp3) is 0.125. The second-order valence-electron chi connectivity index (χ2n) is 2.53. The smallest absolute Gasteiger partial charge is 0.323 e. The summed E-state index contributed by atoms with van der Waals surface area (Å²) in [7, 11) is 0. The number of hydrogen-bond acceptors (Lipinski definition) is 2. The lowest BCUT2D eigenvalue weighted by atomic mass is 10.2. The Morgan fingerprint density at radius 1 is 1.67 bits per heavy atom. The number of carbonyl (C=O) groups is 1. The van der Waals surface area contributed by atoms with E-state index in [-0.39, 0.29) is 0 Å². The summed E-state index contributed by atoms with van der Waals surface area (Å²) in [5.74, 6) is 0.705. The monoisotopic (exact) mass is 164 g/mol. The number of allylic oxidation sites excluding steroid dienone is 1. The van der Waals surface area contributed by atoms with E-state index in [0.717, 1.165) is 5.57 Å². The quantitative estimate of drug-likeness (QED) is 0.572. The van der Waals surface area contributed by atoms with E-state index in [4.69, 9.17) is 10.5 Å². The van der Waals surface area contributed by atoms with Gasteiger partial charge in [0.25, 0.3) is 0 Å². The zero-order valence-corrected chi connectivity index (χ0v) is 6.36. The van der Waals surface area contributed by atoms with Crippen molar-refractivity contribution in [3.63, 3.8) is 0 Å². The fourth-order valence-corrected chi connectivity index (χ4v) is 1.13. The Labute approximate surface area is 69.6 Å². The number of amides is 2. The highest BCUT2D eigenvalue weighted by molar-refractivity contribution is 5.75. The molecule has 2 amide bonds. The van der Waals surface area contributed by atoms with Gasteiger partial charge in [0.2, 0.25) is 0 Å². The number of urea groups is 1. The van der Waals surface area contributed by atoms with E-state index in [2.05, 4.69) is 0 Å². The Bertz CT molecular complexity index is 315. The Morgan fingerprint density at radius 3 is 3.25 bits per heavy atom. The maximum Gasteiger partial charge on any atom is 0.323 e. The fourth-order valence-electron chi connectivity index (χ4n) is 1.13. The number of ether oxygens (including phenoxy) is 1. The highest BCUT2D eigenvalue weighted by atomic mass is 16.5. The molecule has 0 saturated carbocycles. The van der Waals surface area contributed by atoms with Crippen molar-refractivity contribution in [1.29, 1.82) is 0 Å². The van der Waals surface area contributed by atoms with Crippen molar-refractivity contribution in [3.8, 4) is 0 Å². The molecule has 12 heavy (non-hydrogen) atoms. The lowest BCUT2D eigenvalue weighted by Gasteiger charge is -2.15. The average molecular weight is 164 g/mol. The van der Waals surface area contributed by atoms with Crippen molar-refractivity contribution in [2.75, 3.05) is 6.61 Å². The molecule has 0 bridgehead atoms. The van der Waals surface area contributed by atoms with Crippen molar-refractivity contribution in [3.05, 3.63) is 35.9 Å². The van der Waals surface area contributed by atoms with E-state index in [9.17, 15) is 4.79 Å². The standard InChI is InChI=1S/C8H8N2O2/c9-8(11)10-3-1-6-2-4-12-7(6)5-10/h1-3,5H,4H2,(H2,9,11). The van der Waals surface area contributed by atoms with Crippen molar-refractivity contribution in [2.45, 2.75) is 0 Å². The van der Waals surface area contributed by atoms with Crippen LogP contribution in [0.4, 0.5) is 4.79 Å². The molecule has 2 rings (SSSR count). The predicted molar refractivity (Wildman–Crippen MR) is 42.7 cm³/mol. The van der Waals surface area contributed by atoms with Crippen LogP contribution in [0.2, 0.25) is 0 Å². The van der Waals surface area contributed by atoms with E-state index < -0.39 is 6.03 Å². The van der Waals surface area contributed by atoms with Crippen LogP contribution in [-0.2, 0) is 4.74 Å². The third kappa shape index (κ3) is 0.972. The molecule has 62 valence electrons. The molecule has 0 atom stereocenters. The number of carbonyl (C=O) groups excluding carboxylic acids is 1. The number of rotatable bonds is 0. The molecule has 0 aromatic heterocycles. The third-order valence-corrected chi connectivity index (χ3v) is 1.75. The Hall–Kier alpha value is -1.71. The minimum absolute atomic E-state index is 0.506. The molecule has 0 aromatic rings. The van der Waals surface area contributed by atoms with Gasteiger partial charge in [-0.3, -0.25) is 4.90 Å². The summed E-state index contributed by atoms with van der Waals surface area (Å²) >= 11 is 0. The van der Waals surface area contributed by atoms with E-state index in [1.54, 1.807) is 18.5 Å². The van der Waals surface area contributed by atoms with Crippen LogP contribution in [0.5, 0.6) is 0 Å². The van der Waals surface area contributed by atoms with Crippen molar-refractivity contribution < 1.29 is 9.53 Å². The molecule has 0 spiro atoms. The SMILES string of the molecule is NC(=O)N1C=CC2=CCOC2=C1. The summed E-state index contributed by atoms with van der Waals surface area (Å²) in [4.78, 5) is 12.0. The largest absolute Gasteiger partial charge is 0.487 e. The summed E-state index contributed by atoms with van der Waals surface area (Å²) in [6.07, 6.45) is 6.95. The van der Waals surface area contributed by atoms with Crippen LogP contribution in [0.25, 0.3) is 0 Å². The molecule has 0 aromatic carbocycles. The Balaban J connectivity index is 2.28. The minimum atomic E-state index is -0.506. The molecule has 2 aliphatic rings. The molecule has 2 aliphatic heterocycles. The van der Waals surface area contributed by atoms with E-state index >= 15 is 0 Å². The molecule has 4 heteroatoms. The maximum atomic E-state index is 10.7. The first-order valence-electron chi connectivity index (χ1n) is 3.58. The van der Waals surface area contributed by atoms with Crippen LogP contribution >= 0.6 is 0 Å². The lowest BCUT2D eigenvalue weighted by Crippen LogP contribution is -2.28. The predicted octanol–water partition coefficient (Wildman–Crippen LogP) is 0.692. The third-order valence-electron chi connectivity index (χ3n) is 1.75. The molecule has 0 fully saturated rings. The molecule has 0 aliphatic carbocycles. The second kappa shape index (κ2) is 2.41. The van der Waals surface area contributed by atoms with Gasteiger partial charge in [0, 0.05) is 11.8 Å². The first-order chi connectivity index (χ1) is 5.77. The molecule has 0 unspecified atom stereocenters. The molecule has 2 heterocycles. The number of hydrogen-bond donors (Lipinski definition) is 1.